The minimum atomic E-state index is -3.03. The van der Waals surface area contributed by atoms with E-state index in [9.17, 15) is 24.2 Å². The van der Waals surface area contributed by atoms with Crippen molar-refractivity contribution in [2.75, 3.05) is 13.2 Å². The predicted octanol–water partition coefficient (Wildman–Crippen LogP) is -1.87. The van der Waals surface area contributed by atoms with Crippen LogP contribution in [0.4, 0.5) is 4.39 Å². The number of H-pyrrole nitrogens is 1. The predicted molar refractivity (Wildman–Crippen MR) is 68.5 cm³/mol. The third kappa shape index (κ3) is 2.71. The maximum atomic E-state index is 12.3. The summed E-state index contributed by atoms with van der Waals surface area (Å²) in [5.41, 5.74) is -1.88. The Bertz CT molecular complexity index is 770. The Balaban J connectivity index is 2.59. The molecule has 2 heterocycles. The highest BCUT2D eigenvalue weighted by Crippen LogP contribution is 2.42. The van der Waals surface area contributed by atoms with Crippen LogP contribution in [0.15, 0.2) is 15.8 Å². The molecule has 0 saturated carbocycles. The van der Waals surface area contributed by atoms with E-state index in [0.717, 1.165) is 6.20 Å². The van der Waals surface area contributed by atoms with Crippen molar-refractivity contribution in [1.82, 2.24) is 14.8 Å². The normalized spacial score (nSPS) is 33.8. The second-order valence-corrected chi connectivity index (χ2v) is 4.70. The van der Waals surface area contributed by atoms with Crippen LogP contribution >= 0.6 is 11.6 Å². The lowest BCUT2D eigenvalue weighted by Gasteiger charge is -2.24. The van der Waals surface area contributed by atoms with Crippen LogP contribution in [0.3, 0.4) is 0 Å². The molecule has 0 spiro atoms. The lowest BCUT2D eigenvalue weighted by molar-refractivity contribution is -0.0514. The number of hydrogen-bond donors (Lipinski definition) is 3. The fourth-order valence-electron chi connectivity index (χ4n) is 1.85. The van der Waals surface area contributed by atoms with Gasteiger partial charge >= 0.3 is 5.69 Å². The molecule has 1 aromatic rings. The van der Waals surface area contributed by atoms with E-state index in [-0.39, 0.29) is 0 Å². The Labute approximate surface area is 124 Å². The van der Waals surface area contributed by atoms with Crippen molar-refractivity contribution in [3.8, 4) is 11.8 Å². The number of rotatable bonds is 2. The van der Waals surface area contributed by atoms with E-state index in [1.54, 1.807) is 0 Å². The number of alkyl halides is 2. The van der Waals surface area contributed by atoms with Gasteiger partial charge in [0, 0.05) is 0 Å². The number of nitrogens with one attached hydrogen (secondary N) is 1. The molecule has 1 fully saturated rings. The first-order valence-electron chi connectivity index (χ1n) is 6.60. The van der Waals surface area contributed by atoms with Crippen LogP contribution in [0.1, 0.15) is 8.97 Å². The Hall–Kier alpha value is -1.73. The van der Waals surface area contributed by atoms with E-state index in [1.165, 1.54) is 0 Å². The zero-order chi connectivity index (χ0) is 17.4. The second-order valence-electron chi connectivity index (χ2n) is 4.07. The van der Waals surface area contributed by atoms with Gasteiger partial charge in [-0.15, -0.1) is 0 Å². The molecule has 1 aliphatic heterocycles. The third-order valence-electron chi connectivity index (χ3n) is 2.79. The highest BCUT2D eigenvalue weighted by atomic mass is 35.5. The molecular formula is C11H11ClFN3O5. The fraction of sp³-hybridized carbons (Fsp3) is 0.545. The SMILES string of the molecule is [2H]C([2H])(O)[C@H]1O[C@@H](n2ncc(=O)[nH]c2=O)C(Cl)(C#CCF)[C@H]1O. The summed E-state index contributed by atoms with van der Waals surface area (Å²) in [5, 5.41) is 23.1. The molecule has 1 saturated heterocycles. The highest BCUT2D eigenvalue weighted by Gasteiger charge is 2.56. The first-order chi connectivity index (χ1) is 10.6. The quantitative estimate of drug-likeness (QED) is 0.434. The fourth-order valence-corrected chi connectivity index (χ4v) is 2.17. The van der Waals surface area contributed by atoms with Crippen molar-refractivity contribution < 1.29 is 22.1 Å². The number of nitrogens with zero attached hydrogens (tertiary/aromatic N) is 2. The lowest BCUT2D eigenvalue weighted by Crippen LogP contribution is -2.45. The van der Waals surface area contributed by atoms with Gasteiger partial charge in [-0.3, -0.25) is 9.78 Å². The molecule has 0 bridgehead atoms. The molecule has 8 nitrogen and oxygen atoms in total. The number of aliphatic hydroxyl groups excluding tert-OH is 1. The zero-order valence-electron chi connectivity index (χ0n) is 12.3. The lowest BCUT2D eigenvalue weighted by atomic mass is 9.99. The number of aromatic amines is 1. The number of ether oxygens (including phenoxy) is 1. The van der Waals surface area contributed by atoms with E-state index >= 15 is 0 Å². The van der Waals surface area contributed by atoms with Crippen molar-refractivity contribution >= 4 is 11.6 Å². The van der Waals surface area contributed by atoms with Gasteiger partial charge in [-0.05, 0) is 0 Å². The maximum Gasteiger partial charge on any atom is 0.347 e. The van der Waals surface area contributed by atoms with Crippen molar-refractivity contribution in [3.63, 3.8) is 0 Å². The van der Waals surface area contributed by atoms with Crippen LogP contribution in [-0.2, 0) is 4.74 Å². The van der Waals surface area contributed by atoms with Gasteiger partial charge in [-0.2, -0.15) is 9.78 Å². The molecule has 3 N–H and O–H groups in total. The summed E-state index contributed by atoms with van der Waals surface area (Å²) >= 11 is 6.13. The highest BCUT2D eigenvalue weighted by molar-refractivity contribution is 6.27. The molecule has 0 aromatic carbocycles. The van der Waals surface area contributed by atoms with Gasteiger partial charge in [0.25, 0.3) is 5.56 Å². The van der Waals surface area contributed by atoms with Gasteiger partial charge in [0.2, 0.25) is 0 Å². The van der Waals surface area contributed by atoms with Gasteiger partial charge in [-0.1, -0.05) is 23.4 Å². The van der Waals surface area contributed by atoms with Gasteiger partial charge < -0.3 is 14.9 Å². The van der Waals surface area contributed by atoms with Crippen LogP contribution in [0.5, 0.6) is 0 Å². The number of hydrogen-bond acceptors (Lipinski definition) is 6. The van der Waals surface area contributed by atoms with Crippen molar-refractivity contribution in [2.24, 2.45) is 0 Å². The summed E-state index contributed by atoms with van der Waals surface area (Å²) in [7, 11) is 0. The van der Waals surface area contributed by atoms with Gasteiger partial charge in [0.1, 0.15) is 25.1 Å². The monoisotopic (exact) mass is 321 g/mol. The van der Waals surface area contributed by atoms with Gasteiger partial charge in [0.05, 0.1) is 9.30 Å². The summed E-state index contributed by atoms with van der Waals surface area (Å²) < 4.78 is 32.4. The second kappa shape index (κ2) is 5.95. The summed E-state index contributed by atoms with van der Waals surface area (Å²) in [6.07, 6.45) is -4.78. The first-order valence-corrected chi connectivity index (χ1v) is 5.98. The molecule has 1 aliphatic rings. The summed E-state index contributed by atoms with van der Waals surface area (Å²) in [4.78, 5) is 22.5. The largest absolute Gasteiger partial charge is 0.394 e. The van der Waals surface area contributed by atoms with Crippen LogP contribution < -0.4 is 11.2 Å². The molecule has 0 aliphatic carbocycles. The molecule has 0 radical (unpaired) electrons. The van der Waals surface area contributed by atoms with Crippen molar-refractivity contribution in [2.45, 2.75) is 23.3 Å². The minimum Gasteiger partial charge on any atom is -0.394 e. The smallest absolute Gasteiger partial charge is 0.347 e. The zero-order valence-corrected chi connectivity index (χ0v) is 11.0. The van der Waals surface area contributed by atoms with Crippen molar-refractivity contribution in [3.05, 3.63) is 27.0 Å². The standard InChI is InChI=1S/C11H11ClFN3O5/c12-11(2-1-3-13)8(19)6(5-17)21-9(11)16-10(20)15-7(18)4-14-16/h4,6,8-9,17,19H,3,5H2,(H,15,18,20)/t6-,8+,9-,11?/m1/s1/i5D2. The van der Waals surface area contributed by atoms with Crippen molar-refractivity contribution in [1.29, 1.82) is 0 Å². The number of halogens is 2. The first kappa shape index (κ1) is 13.0. The van der Waals surface area contributed by atoms with E-state index in [2.05, 4.69) is 11.0 Å². The molecule has 4 atom stereocenters. The average Bonchev–Trinajstić information content (AvgIpc) is 2.70. The summed E-state index contributed by atoms with van der Waals surface area (Å²) in [6.45, 7) is -4.16. The van der Waals surface area contributed by atoms with Gasteiger partial charge in [0.15, 0.2) is 11.1 Å². The molecular weight excluding hydrogens is 309 g/mol. The van der Waals surface area contributed by atoms with E-state index in [4.69, 9.17) is 19.1 Å². The molecule has 2 rings (SSSR count). The number of aromatic nitrogens is 3. The summed E-state index contributed by atoms with van der Waals surface area (Å²) in [5.74, 6) is 4.10. The molecule has 1 aromatic heterocycles. The maximum absolute atomic E-state index is 12.3. The topological polar surface area (TPSA) is 117 Å². The Kier molecular flexibility index (Phi) is 3.67. The Morgan fingerprint density at radius 3 is 3.00 bits per heavy atom. The van der Waals surface area contributed by atoms with Crippen LogP contribution in [-0.4, -0.2) is 55.3 Å². The van der Waals surface area contributed by atoms with Gasteiger partial charge in [-0.25, -0.2) is 9.18 Å². The van der Waals surface area contributed by atoms with E-state index in [1.807, 2.05) is 10.9 Å². The van der Waals surface area contributed by atoms with Crippen LogP contribution in [0, 0.1) is 11.8 Å². The molecule has 21 heavy (non-hydrogen) atoms. The minimum absolute atomic E-state index is 0.510. The third-order valence-corrected chi connectivity index (χ3v) is 3.29. The Morgan fingerprint density at radius 1 is 1.71 bits per heavy atom. The molecule has 114 valence electrons. The van der Waals surface area contributed by atoms with E-state index < -0.39 is 47.8 Å². The Morgan fingerprint density at radius 2 is 2.43 bits per heavy atom. The molecule has 10 heteroatoms. The summed E-state index contributed by atoms with van der Waals surface area (Å²) in [6, 6.07) is 0. The molecule has 0 amide bonds. The van der Waals surface area contributed by atoms with Crippen LogP contribution in [0.2, 0.25) is 0 Å². The van der Waals surface area contributed by atoms with E-state index in [0.29, 0.717) is 4.68 Å². The number of aliphatic hydroxyl groups is 2. The molecule has 1 unspecified atom stereocenters. The van der Waals surface area contributed by atoms with Crippen LogP contribution in [0.25, 0.3) is 0 Å². The average molecular weight is 322 g/mol.